The molecular weight excluding hydrogens is 220 g/mol. The molecular formula is C12H16N2O3. The van der Waals surface area contributed by atoms with Gasteiger partial charge in [0.15, 0.2) is 0 Å². The van der Waals surface area contributed by atoms with Crippen molar-refractivity contribution in [2.75, 3.05) is 6.54 Å². The molecule has 2 rings (SSSR count). The summed E-state index contributed by atoms with van der Waals surface area (Å²) in [7, 11) is 0. The lowest BCUT2D eigenvalue weighted by molar-refractivity contribution is -0.135. The first-order valence-corrected chi connectivity index (χ1v) is 5.85. The van der Waals surface area contributed by atoms with Gasteiger partial charge in [0.1, 0.15) is 12.2 Å². The van der Waals surface area contributed by atoms with E-state index >= 15 is 0 Å². The van der Waals surface area contributed by atoms with E-state index in [9.17, 15) is 9.59 Å². The minimum atomic E-state index is -1.03. The molecule has 5 heteroatoms. The van der Waals surface area contributed by atoms with Crippen LogP contribution in [0, 0.1) is 0 Å². The highest BCUT2D eigenvalue weighted by atomic mass is 16.4. The minimum Gasteiger partial charge on any atom is -0.480 e. The number of hydrogen-bond donors (Lipinski definition) is 2. The summed E-state index contributed by atoms with van der Waals surface area (Å²) in [6.45, 7) is -0.339. The zero-order valence-electron chi connectivity index (χ0n) is 9.56. The fourth-order valence-corrected chi connectivity index (χ4v) is 2.33. The van der Waals surface area contributed by atoms with Gasteiger partial charge in [0, 0.05) is 12.2 Å². The Balaban J connectivity index is 2.07. The van der Waals surface area contributed by atoms with Crippen molar-refractivity contribution >= 4 is 11.9 Å². The predicted molar refractivity (Wildman–Crippen MR) is 61.9 cm³/mol. The molecule has 0 saturated heterocycles. The first-order valence-electron chi connectivity index (χ1n) is 5.85. The van der Waals surface area contributed by atoms with Gasteiger partial charge in [0.05, 0.1) is 0 Å². The van der Waals surface area contributed by atoms with E-state index in [-0.39, 0.29) is 12.5 Å². The highest BCUT2D eigenvalue weighted by molar-refractivity contribution is 5.94. The lowest BCUT2D eigenvalue weighted by Gasteiger charge is -2.15. The molecule has 1 amide bonds. The van der Waals surface area contributed by atoms with Gasteiger partial charge >= 0.3 is 5.97 Å². The normalized spacial score (nSPS) is 16.0. The molecule has 1 aromatic heterocycles. The fraction of sp³-hybridized carbons (Fsp3) is 0.500. The van der Waals surface area contributed by atoms with Crippen LogP contribution in [-0.4, -0.2) is 28.1 Å². The Morgan fingerprint density at radius 1 is 1.41 bits per heavy atom. The van der Waals surface area contributed by atoms with Crippen LogP contribution >= 0.6 is 0 Å². The van der Waals surface area contributed by atoms with Crippen LogP contribution < -0.4 is 5.32 Å². The second-order valence-corrected chi connectivity index (χ2v) is 4.32. The number of hydrogen-bond acceptors (Lipinski definition) is 2. The highest BCUT2D eigenvalue weighted by Gasteiger charge is 2.21. The summed E-state index contributed by atoms with van der Waals surface area (Å²) < 4.78 is 1.96. The Morgan fingerprint density at radius 2 is 2.12 bits per heavy atom. The summed E-state index contributed by atoms with van der Waals surface area (Å²) >= 11 is 0. The van der Waals surface area contributed by atoms with Crippen molar-refractivity contribution in [2.45, 2.75) is 31.7 Å². The van der Waals surface area contributed by atoms with E-state index in [2.05, 4.69) is 5.32 Å². The summed E-state index contributed by atoms with van der Waals surface area (Å²) in [5.74, 6) is -1.35. The molecule has 1 aliphatic carbocycles. The van der Waals surface area contributed by atoms with E-state index in [4.69, 9.17) is 5.11 Å². The van der Waals surface area contributed by atoms with Crippen molar-refractivity contribution < 1.29 is 14.7 Å². The van der Waals surface area contributed by atoms with E-state index in [1.165, 1.54) is 12.8 Å². The summed E-state index contributed by atoms with van der Waals surface area (Å²) in [6.07, 6.45) is 6.46. The van der Waals surface area contributed by atoms with Gasteiger partial charge in [-0.3, -0.25) is 9.59 Å². The van der Waals surface area contributed by atoms with Crippen molar-refractivity contribution in [1.29, 1.82) is 0 Å². The van der Waals surface area contributed by atoms with Gasteiger partial charge in [-0.15, -0.1) is 0 Å². The molecule has 0 radical (unpaired) electrons. The van der Waals surface area contributed by atoms with E-state index in [1.54, 1.807) is 6.07 Å². The van der Waals surface area contributed by atoms with Crippen molar-refractivity contribution in [3.8, 4) is 0 Å². The molecule has 0 bridgehead atoms. The summed E-state index contributed by atoms with van der Waals surface area (Å²) in [5.41, 5.74) is 0.554. The first-order chi connectivity index (χ1) is 8.18. The van der Waals surface area contributed by atoms with Gasteiger partial charge in [-0.05, 0) is 25.0 Å². The SMILES string of the molecule is O=C(O)CNC(=O)c1cccn1C1CCCC1. The molecule has 5 nitrogen and oxygen atoms in total. The predicted octanol–water partition coefficient (Wildman–Crippen LogP) is 1.42. The minimum absolute atomic E-state index is 0.315. The van der Waals surface area contributed by atoms with Gasteiger partial charge in [-0.1, -0.05) is 12.8 Å². The lowest BCUT2D eigenvalue weighted by atomic mass is 10.2. The molecule has 0 atom stereocenters. The third-order valence-electron chi connectivity index (χ3n) is 3.13. The smallest absolute Gasteiger partial charge is 0.322 e. The molecule has 1 saturated carbocycles. The van der Waals surface area contributed by atoms with Crippen LogP contribution in [0.25, 0.3) is 0 Å². The number of nitrogens with one attached hydrogen (secondary N) is 1. The Kier molecular flexibility index (Phi) is 3.46. The number of rotatable bonds is 4. The molecule has 1 aliphatic rings. The Labute approximate surface area is 99.4 Å². The number of nitrogens with zero attached hydrogens (tertiary/aromatic N) is 1. The van der Waals surface area contributed by atoms with Crippen LogP contribution in [0.1, 0.15) is 42.2 Å². The fourth-order valence-electron chi connectivity index (χ4n) is 2.33. The lowest BCUT2D eigenvalue weighted by Crippen LogP contribution is -2.31. The zero-order valence-corrected chi connectivity index (χ0v) is 9.56. The Bertz CT molecular complexity index is 419. The maximum Gasteiger partial charge on any atom is 0.322 e. The Morgan fingerprint density at radius 3 is 2.76 bits per heavy atom. The van der Waals surface area contributed by atoms with Crippen molar-refractivity contribution in [1.82, 2.24) is 9.88 Å². The second kappa shape index (κ2) is 5.03. The first kappa shape index (κ1) is 11.7. The van der Waals surface area contributed by atoms with Crippen LogP contribution in [-0.2, 0) is 4.79 Å². The molecule has 2 N–H and O–H groups in total. The van der Waals surface area contributed by atoms with E-state index in [0.29, 0.717) is 11.7 Å². The van der Waals surface area contributed by atoms with E-state index < -0.39 is 5.97 Å². The molecule has 0 unspecified atom stereocenters. The zero-order chi connectivity index (χ0) is 12.3. The van der Waals surface area contributed by atoms with Gasteiger partial charge in [0.2, 0.25) is 0 Å². The third-order valence-corrected chi connectivity index (χ3v) is 3.13. The molecule has 1 fully saturated rings. The monoisotopic (exact) mass is 236 g/mol. The maximum atomic E-state index is 11.8. The van der Waals surface area contributed by atoms with E-state index in [1.807, 2.05) is 16.8 Å². The largest absolute Gasteiger partial charge is 0.480 e. The van der Waals surface area contributed by atoms with Crippen molar-refractivity contribution in [3.63, 3.8) is 0 Å². The Hall–Kier alpha value is -1.78. The number of aliphatic carboxylic acids is 1. The number of carbonyl (C=O) groups excluding carboxylic acids is 1. The third kappa shape index (κ3) is 2.67. The van der Waals surface area contributed by atoms with Crippen LogP contribution in [0.2, 0.25) is 0 Å². The number of amides is 1. The van der Waals surface area contributed by atoms with Crippen molar-refractivity contribution in [2.24, 2.45) is 0 Å². The summed E-state index contributed by atoms with van der Waals surface area (Å²) in [6, 6.07) is 3.94. The maximum absolute atomic E-state index is 11.8. The topological polar surface area (TPSA) is 71.3 Å². The second-order valence-electron chi connectivity index (χ2n) is 4.32. The van der Waals surface area contributed by atoms with Crippen LogP contribution in [0.15, 0.2) is 18.3 Å². The molecule has 0 spiro atoms. The average molecular weight is 236 g/mol. The molecule has 92 valence electrons. The molecule has 17 heavy (non-hydrogen) atoms. The summed E-state index contributed by atoms with van der Waals surface area (Å²) in [5, 5.41) is 10.9. The van der Waals surface area contributed by atoms with Crippen LogP contribution in [0.5, 0.6) is 0 Å². The summed E-state index contributed by atoms with van der Waals surface area (Å²) in [4.78, 5) is 22.2. The molecule has 1 heterocycles. The average Bonchev–Trinajstić information content (AvgIpc) is 2.94. The van der Waals surface area contributed by atoms with Gasteiger partial charge in [-0.25, -0.2) is 0 Å². The number of carboxylic acid groups (broad SMARTS) is 1. The number of carbonyl (C=O) groups is 2. The number of carboxylic acids is 1. The van der Waals surface area contributed by atoms with Gasteiger partial charge < -0.3 is 15.0 Å². The van der Waals surface area contributed by atoms with Gasteiger partial charge in [0.25, 0.3) is 5.91 Å². The molecule has 0 aromatic carbocycles. The standard InChI is InChI=1S/C12H16N2O3/c15-11(16)8-13-12(17)10-6-3-7-14(10)9-4-1-2-5-9/h3,6-7,9H,1-2,4-5,8H2,(H,13,17)(H,15,16). The quantitative estimate of drug-likeness (QED) is 0.830. The molecule has 0 aliphatic heterocycles. The van der Waals surface area contributed by atoms with Crippen molar-refractivity contribution in [3.05, 3.63) is 24.0 Å². The molecule has 1 aromatic rings. The van der Waals surface area contributed by atoms with Crippen LogP contribution in [0.4, 0.5) is 0 Å². The van der Waals surface area contributed by atoms with E-state index in [0.717, 1.165) is 12.8 Å². The number of aromatic nitrogens is 1. The van der Waals surface area contributed by atoms with Gasteiger partial charge in [-0.2, -0.15) is 0 Å². The highest BCUT2D eigenvalue weighted by Crippen LogP contribution is 2.30. The van der Waals surface area contributed by atoms with Crippen LogP contribution in [0.3, 0.4) is 0 Å².